The molecule has 1 heteroatoms. The Labute approximate surface area is 102 Å². The monoisotopic (exact) mass is 296 g/mol. The topological polar surface area (TPSA) is 0 Å². The summed E-state index contributed by atoms with van der Waals surface area (Å²) < 4.78 is 0. The summed E-state index contributed by atoms with van der Waals surface area (Å²) >= 11 is 0. The van der Waals surface area contributed by atoms with Gasteiger partial charge < -0.3 is 0 Å². The molecule has 0 aromatic heterocycles. The Bertz CT molecular complexity index is 316. The fourth-order valence-corrected chi connectivity index (χ4v) is 1.43. The Morgan fingerprint density at radius 1 is 0.571 bits per heavy atom. The average Bonchev–Trinajstić information content (AvgIpc) is 2.21. The van der Waals surface area contributed by atoms with Gasteiger partial charge in [0.1, 0.15) is 0 Å². The molecule has 2 rings (SSSR count). The molecule has 0 fully saturated rings. The first kappa shape index (κ1) is 11.2. The number of benzene rings is 2. The molecule has 0 saturated carbocycles. The van der Waals surface area contributed by atoms with Gasteiger partial charge in [-0.25, -0.2) is 0 Å². The van der Waals surface area contributed by atoms with Crippen molar-refractivity contribution in [2.45, 2.75) is 6.42 Å². The smallest absolute Gasteiger partial charge is 0.00258 e. The normalized spacial score (nSPS) is 9.14. The quantitative estimate of drug-likeness (QED) is 0.737. The molecule has 0 aliphatic carbocycles. The lowest BCUT2D eigenvalue weighted by molar-refractivity contribution is 1.19. The highest BCUT2D eigenvalue weighted by atomic mass is 127. The Hall–Kier alpha value is -0.830. The van der Waals surface area contributed by atoms with E-state index in [1.54, 1.807) is 0 Å². The summed E-state index contributed by atoms with van der Waals surface area (Å²) in [6, 6.07) is 21.1. The van der Waals surface area contributed by atoms with Gasteiger partial charge in [0.05, 0.1) is 0 Å². The van der Waals surface area contributed by atoms with E-state index in [0.29, 0.717) is 0 Å². The first-order valence-electron chi connectivity index (χ1n) is 4.53. The van der Waals surface area contributed by atoms with Crippen molar-refractivity contribution in [2.24, 2.45) is 0 Å². The molecule has 0 amide bonds. The van der Waals surface area contributed by atoms with E-state index in [2.05, 4.69) is 60.7 Å². The van der Waals surface area contributed by atoms with Crippen LogP contribution in [0.4, 0.5) is 0 Å². The van der Waals surface area contributed by atoms with E-state index in [-0.39, 0.29) is 24.0 Å². The lowest BCUT2D eigenvalue weighted by Gasteiger charge is -2.00. The molecule has 0 atom stereocenters. The SMILES string of the molecule is I.c1ccc(Cc2ccccc2)cc1. The molecule has 0 nitrogen and oxygen atoms in total. The molecule has 0 bridgehead atoms. The largest absolute Gasteiger partial charge is 0.107 e. The van der Waals surface area contributed by atoms with Crippen molar-refractivity contribution in [1.29, 1.82) is 0 Å². The molecule has 0 spiro atoms. The molecule has 2 aromatic rings. The van der Waals surface area contributed by atoms with Crippen LogP contribution in [-0.4, -0.2) is 0 Å². The van der Waals surface area contributed by atoms with Crippen molar-refractivity contribution >= 4 is 24.0 Å². The minimum absolute atomic E-state index is 0. The van der Waals surface area contributed by atoms with Crippen LogP contribution in [0.2, 0.25) is 0 Å². The first-order valence-corrected chi connectivity index (χ1v) is 4.53. The number of rotatable bonds is 2. The lowest BCUT2D eigenvalue weighted by Crippen LogP contribution is -1.85. The van der Waals surface area contributed by atoms with Gasteiger partial charge in [0.2, 0.25) is 0 Å². The summed E-state index contributed by atoms with van der Waals surface area (Å²) in [5.74, 6) is 0. The van der Waals surface area contributed by atoms with Gasteiger partial charge in [-0.05, 0) is 17.5 Å². The van der Waals surface area contributed by atoms with E-state index in [0.717, 1.165) is 6.42 Å². The van der Waals surface area contributed by atoms with E-state index in [1.165, 1.54) is 11.1 Å². The molecule has 0 aliphatic heterocycles. The van der Waals surface area contributed by atoms with Crippen LogP contribution in [-0.2, 0) is 6.42 Å². The van der Waals surface area contributed by atoms with Gasteiger partial charge in [0, 0.05) is 0 Å². The van der Waals surface area contributed by atoms with Gasteiger partial charge in [0.15, 0.2) is 0 Å². The molecule has 0 heterocycles. The van der Waals surface area contributed by atoms with Crippen LogP contribution in [0.3, 0.4) is 0 Å². The predicted octanol–water partition coefficient (Wildman–Crippen LogP) is 3.90. The summed E-state index contributed by atoms with van der Waals surface area (Å²) in [4.78, 5) is 0. The maximum atomic E-state index is 2.16. The summed E-state index contributed by atoms with van der Waals surface area (Å²) in [7, 11) is 0. The highest BCUT2D eigenvalue weighted by molar-refractivity contribution is 14.0. The first-order chi connectivity index (χ1) is 6.45. The Morgan fingerprint density at radius 2 is 0.929 bits per heavy atom. The fraction of sp³-hybridized carbons (Fsp3) is 0.0769. The Morgan fingerprint density at radius 3 is 1.29 bits per heavy atom. The van der Waals surface area contributed by atoms with Crippen LogP contribution in [0.5, 0.6) is 0 Å². The summed E-state index contributed by atoms with van der Waals surface area (Å²) in [5.41, 5.74) is 2.74. The standard InChI is InChI=1S/C13H12.HI/c1-3-7-12(8-4-1)11-13-9-5-2-6-10-13;/h1-10H,11H2;1H. The summed E-state index contributed by atoms with van der Waals surface area (Å²) in [6.07, 6.45) is 1.03. The molecule has 14 heavy (non-hydrogen) atoms. The molecule has 0 N–H and O–H groups in total. The second-order valence-electron chi connectivity index (χ2n) is 3.15. The zero-order chi connectivity index (χ0) is 8.93. The summed E-state index contributed by atoms with van der Waals surface area (Å²) in [5, 5.41) is 0. The fourth-order valence-electron chi connectivity index (χ4n) is 1.43. The van der Waals surface area contributed by atoms with Crippen LogP contribution in [0.25, 0.3) is 0 Å². The van der Waals surface area contributed by atoms with Gasteiger partial charge in [-0.1, -0.05) is 60.7 Å². The maximum Gasteiger partial charge on any atom is -0.00258 e. The molecular formula is C13H13I. The van der Waals surface area contributed by atoms with Gasteiger partial charge in [-0.3, -0.25) is 0 Å². The van der Waals surface area contributed by atoms with Crippen molar-refractivity contribution < 1.29 is 0 Å². The number of hydrogen-bond acceptors (Lipinski definition) is 0. The zero-order valence-corrected chi connectivity index (χ0v) is 10.2. The number of hydrogen-bond donors (Lipinski definition) is 0. The Kier molecular flexibility index (Phi) is 4.66. The molecular weight excluding hydrogens is 283 g/mol. The van der Waals surface area contributed by atoms with E-state index < -0.39 is 0 Å². The van der Waals surface area contributed by atoms with E-state index in [9.17, 15) is 0 Å². The summed E-state index contributed by atoms with van der Waals surface area (Å²) in [6.45, 7) is 0. The lowest BCUT2D eigenvalue weighted by atomic mass is 10.1. The van der Waals surface area contributed by atoms with Crippen molar-refractivity contribution in [1.82, 2.24) is 0 Å². The van der Waals surface area contributed by atoms with Crippen LogP contribution in [0.15, 0.2) is 60.7 Å². The highest BCUT2D eigenvalue weighted by Crippen LogP contribution is 2.07. The van der Waals surface area contributed by atoms with Crippen molar-refractivity contribution in [3.8, 4) is 0 Å². The molecule has 0 radical (unpaired) electrons. The number of halogens is 1. The van der Waals surface area contributed by atoms with E-state index >= 15 is 0 Å². The van der Waals surface area contributed by atoms with E-state index in [4.69, 9.17) is 0 Å². The van der Waals surface area contributed by atoms with Gasteiger partial charge in [0.25, 0.3) is 0 Å². The van der Waals surface area contributed by atoms with Crippen LogP contribution in [0, 0.1) is 0 Å². The van der Waals surface area contributed by atoms with Gasteiger partial charge >= 0.3 is 0 Å². The van der Waals surface area contributed by atoms with Gasteiger partial charge in [-0.15, -0.1) is 24.0 Å². The third-order valence-corrected chi connectivity index (χ3v) is 2.09. The zero-order valence-electron chi connectivity index (χ0n) is 7.89. The van der Waals surface area contributed by atoms with E-state index in [1.807, 2.05) is 0 Å². The average molecular weight is 296 g/mol. The van der Waals surface area contributed by atoms with Crippen LogP contribution < -0.4 is 0 Å². The molecule has 0 aliphatic rings. The molecule has 0 unspecified atom stereocenters. The third kappa shape index (κ3) is 3.14. The maximum absolute atomic E-state index is 2.16. The van der Waals surface area contributed by atoms with Crippen LogP contribution in [0.1, 0.15) is 11.1 Å². The molecule has 72 valence electrons. The minimum Gasteiger partial charge on any atom is -0.107 e. The molecule has 2 aromatic carbocycles. The second kappa shape index (κ2) is 5.81. The predicted molar refractivity (Wildman–Crippen MR) is 71.1 cm³/mol. The third-order valence-electron chi connectivity index (χ3n) is 2.09. The van der Waals surface area contributed by atoms with Crippen molar-refractivity contribution in [3.63, 3.8) is 0 Å². The highest BCUT2D eigenvalue weighted by Gasteiger charge is 1.92. The van der Waals surface area contributed by atoms with Gasteiger partial charge in [-0.2, -0.15) is 0 Å². The minimum atomic E-state index is 0. The van der Waals surface area contributed by atoms with Crippen LogP contribution >= 0.6 is 24.0 Å². The second-order valence-corrected chi connectivity index (χ2v) is 3.15. The Balaban J connectivity index is 0.000000980. The molecule has 0 saturated heterocycles. The van der Waals surface area contributed by atoms with Crippen molar-refractivity contribution in [2.75, 3.05) is 0 Å². The van der Waals surface area contributed by atoms with Crippen molar-refractivity contribution in [3.05, 3.63) is 71.8 Å².